The number of nitro benzene ring substituents is 1. The molecule has 3 heterocycles. The molecule has 2 aliphatic rings. The number of benzene rings is 1. The summed E-state index contributed by atoms with van der Waals surface area (Å²) < 4.78 is 27.7. The number of methoxy groups -OCH3 is 2. The lowest BCUT2D eigenvalue weighted by atomic mass is 10.1. The normalized spacial score (nSPS) is 21.1. The average Bonchev–Trinajstić information content (AvgIpc) is 3.08. The Labute approximate surface area is 200 Å². The molecule has 0 bridgehead atoms. The van der Waals surface area contributed by atoms with Crippen LogP contribution in [0.2, 0.25) is 0 Å². The van der Waals surface area contributed by atoms with Gasteiger partial charge in [-0.25, -0.2) is 8.51 Å². The first-order valence-corrected chi connectivity index (χ1v) is 12.7. The van der Waals surface area contributed by atoms with Gasteiger partial charge in [-0.1, -0.05) is 6.07 Å². The van der Waals surface area contributed by atoms with Gasteiger partial charge in [-0.3, -0.25) is 20.0 Å². The molecule has 1 unspecified atom stereocenters. The fourth-order valence-corrected chi connectivity index (χ4v) is 7.76. The third-order valence-electron chi connectivity index (χ3n) is 6.26. The minimum atomic E-state index is -2.92. The number of aromatic nitrogens is 1. The van der Waals surface area contributed by atoms with Gasteiger partial charge in [0.2, 0.25) is 0 Å². The summed E-state index contributed by atoms with van der Waals surface area (Å²) in [6.45, 7) is 6.29. The highest BCUT2D eigenvalue weighted by Gasteiger charge is 2.41. The highest BCUT2D eigenvalue weighted by molar-refractivity contribution is 8.01. The fraction of sp³-hybridized carbons (Fsp3) is 0.478. The van der Waals surface area contributed by atoms with Crippen LogP contribution in [0.4, 0.5) is 11.4 Å². The first-order valence-electron chi connectivity index (χ1n) is 11.2. The number of nitrogens with zero attached hydrogens (tertiary/aromatic N) is 5. The summed E-state index contributed by atoms with van der Waals surface area (Å²) in [7, 11) is 0.274. The number of hydrogen-bond acceptors (Lipinski definition) is 8. The number of pyridine rings is 1. The SMILES string of the molecule is COCCN1C(COC)=S(=O)(N2CCN(Cc3cccnc3)CC2)c2cc([N+](=O)[O-])cc(C)c21. The number of piperazine rings is 1. The Morgan fingerprint density at radius 3 is 2.56 bits per heavy atom. The molecule has 0 radical (unpaired) electrons. The summed E-state index contributed by atoms with van der Waals surface area (Å²) in [5.41, 5.74) is 2.56. The lowest BCUT2D eigenvalue weighted by molar-refractivity contribution is -0.385. The Balaban J connectivity index is 1.72. The van der Waals surface area contributed by atoms with Crippen molar-refractivity contribution in [3.63, 3.8) is 0 Å². The molecule has 34 heavy (non-hydrogen) atoms. The van der Waals surface area contributed by atoms with Crippen LogP contribution in [0, 0.1) is 17.0 Å². The topological polar surface area (TPSA) is 101 Å². The predicted octanol–water partition coefficient (Wildman–Crippen LogP) is 1.92. The van der Waals surface area contributed by atoms with Gasteiger partial charge in [0.25, 0.3) is 5.69 Å². The smallest absolute Gasteiger partial charge is 0.271 e. The molecule has 1 aromatic heterocycles. The molecule has 2 aliphatic heterocycles. The largest absolute Gasteiger partial charge is 0.383 e. The van der Waals surface area contributed by atoms with Gasteiger partial charge >= 0.3 is 0 Å². The second kappa shape index (κ2) is 10.4. The molecule has 2 aromatic rings. The summed E-state index contributed by atoms with van der Waals surface area (Å²) in [5.74, 6) is 0. The van der Waals surface area contributed by atoms with Crippen LogP contribution in [0.15, 0.2) is 41.6 Å². The third-order valence-corrected chi connectivity index (χ3v) is 9.24. The van der Waals surface area contributed by atoms with Crippen LogP contribution in [0.1, 0.15) is 11.1 Å². The summed E-state index contributed by atoms with van der Waals surface area (Å²) >= 11 is 0. The lowest BCUT2D eigenvalue weighted by Crippen LogP contribution is -2.50. The van der Waals surface area contributed by atoms with E-state index in [0.717, 1.165) is 30.9 Å². The van der Waals surface area contributed by atoms with E-state index >= 15 is 0 Å². The van der Waals surface area contributed by atoms with Crippen molar-refractivity contribution in [1.82, 2.24) is 14.2 Å². The summed E-state index contributed by atoms with van der Waals surface area (Å²) in [6.07, 6.45) is 3.62. The first-order chi connectivity index (χ1) is 16.4. The maximum atomic E-state index is 14.9. The van der Waals surface area contributed by atoms with Gasteiger partial charge in [0.15, 0.2) is 0 Å². The molecule has 0 aliphatic carbocycles. The van der Waals surface area contributed by atoms with Gasteiger partial charge in [0, 0.05) is 78.0 Å². The molecule has 1 fully saturated rings. The molecular formula is C23H31N5O5S. The van der Waals surface area contributed by atoms with Crippen molar-refractivity contribution in [2.45, 2.75) is 18.4 Å². The molecule has 1 atom stereocenters. The van der Waals surface area contributed by atoms with Crippen LogP contribution >= 0.6 is 0 Å². The molecular weight excluding hydrogens is 458 g/mol. The van der Waals surface area contributed by atoms with Gasteiger partial charge in [-0.15, -0.1) is 0 Å². The number of nitro groups is 1. The first kappa shape index (κ1) is 24.6. The van der Waals surface area contributed by atoms with Crippen LogP contribution in [0.5, 0.6) is 0 Å². The number of aryl methyl sites for hydroxylation is 1. The Morgan fingerprint density at radius 2 is 1.94 bits per heavy atom. The van der Waals surface area contributed by atoms with E-state index in [1.54, 1.807) is 26.5 Å². The maximum absolute atomic E-state index is 14.9. The molecule has 10 nitrogen and oxygen atoms in total. The summed E-state index contributed by atoms with van der Waals surface area (Å²) in [6, 6.07) is 7.00. The number of ether oxygens (including phenoxy) is 2. The van der Waals surface area contributed by atoms with Crippen molar-refractivity contribution >= 4 is 26.1 Å². The fourth-order valence-electron chi connectivity index (χ4n) is 4.68. The number of fused-ring (bicyclic) bond motifs is 1. The second-order valence-electron chi connectivity index (χ2n) is 8.43. The van der Waals surface area contributed by atoms with Crippen LogP contribution in [-0.2, 0) is 25.7 Å². The monoisotopic (exact) mass is 489 g/mol. The highest BCUT2D eigenvalue weighted by Crippen LogP contribution is 2.41. The van der Waals surface area contributed by atoms with E-state index in [0.29, 0.717) is 41.7 Å². The van der Waals surface area contributed by atoms with Gasteiger partial charge in [0.05, 0.1) is 38.4 Å². The zero-order chi connectivity index (χ0) is 24.3. The Bertz CT molecular complexity index is 1160. The lowest BCUT2D eigenvalue weighted by Gasteiger charge is -2.36. The minimum absolute atomic E-state index is 0.0513. The van der Waals surface area contributed by atoms with Crippen LogP contribution in [0.3, 0.4) is 0 Å². The van der Waals surface area contributed by atoms with Crippen molar-refractivity contribution in [3.8, 4) is 0 Å². The third kappa shape index (κ3) is 4.53. The molecule has 0 amide bonds. The number of hydrogen-bond donors (Lipinski definition) is 0. The molecule has 0 spiro atoms. The van der Waals surface area contributed by atoms with Crippen LogP contribution < -0.4 is 4.90 Å². The maximum Gasteiger partial charge on any atom is 0.271 e. The average molecular weight is 490 g/mol. The Morgan fingerprint density at radius 1 is 1.18 bits per heavy atom. The molecule has 0 saturated carbocycles. The quantitative estimate of drug-likeness (QED) is 0.299. The molecule has 0 N–H and O–H groups in total. The highest BCUT2D eigenvalue weighted by atomic mass is 32.2. The van der Waals surface area contributed by atoms with Gasteiger partial charge in [-0.2, -0.15) is 0 Å². The van der Waals surface area contributed by atoms with Crippen molar-refractivity contribution in [2.75, 3.05) is 65.1 Å². The Hall–Kier alpha value is -2.57. The molecule has 1 aromatic carbocycles. The van der Waals surface area contributed by atoms with Crippen molar-refractivity contribution in [1.29, 1.82) is 0 Å². The molecule has 4 rings (SSSR count). The van der Waals surface area contributed by atoms with E-state index in [-0.39, 0.29) is 12.3 Å². The van der Waals surface area contributed by atoms with E-state index in [1.165, 1.54) is 6.07 Å². The predicted molar refractivity (Wildman–Crippen MR) is 131 cm³/mol. The molecule has 11 heteroatoms. The van der Waals surface area contributed by atoms with Crippen molar-refractivity contribution in [2.24, 2.45) is 0 Å². The summed E-state index contributed by atoms with van der Waals surface area (Å²) in [5, 5.41) is 11.6. The second-order valence-corrected chi connectivity index (χ2v) is 10.9. The number of anilines is 1. The van der Waals surface area contributed by atoms with E-state index in [9.17, 15) is 14.3 Å². The molecule has 1 saturated heterocycles. The van der Waals surface area contributed by atoms with Gasteiger partial charge < -0.3 is 14.4 Å². The van der Waals surface area contributed by atoms with Crippen molar-refractivity contribution in [3.05, 3.63) is 57.9 Å². The van der Waals surface area contributed by atoms with Crippen LogP contribution in [-0.4, -0.2) is 88.5 Å². The summed E-state index contributed by atoms with van der Waals surface area (Å²) in [4.78, 5) is 20.8. The zero-order valence-corrected chi connectivity index (χ0v) is 20.6. The number of non-ortho nitro benzene ring substituents is 1. The van der Waals surface area contributed by atoms with Gasteiger partial charge in [0.1, 0.15) is 4.99 Å². The van der Waals surface area contributed by atoms with Crippen LogP contribution in [0.25, 0.3) is 0 Å². The zero-order valence-electron chi connectivity index (χ0n) is 19.8. The Kier molecular flexibility index (Phi) is 7.48. The minimum Gasteiger partial charge on any atom is -0.383 e. The van der Waals surface area contributed by atoms with E-state index in [4.69, 9.17) is 9.47 Å². The van der Waals surface area contributed by atoms with Gasteiger partial charge in [-0.05, 0) is 24.1 Å². The number of rotatable bonds is 9. The van der Waals surface area contributed by atoms with E-state index < -0.39 is 14.6 Å². The van der Waals surface area contributed by atoms with E-state index in [2.05, 4.69) is 9.88 Å². The standard InChI is InChI=1S/C23H31N5O5S/c1-18-13-20(28(29)30)14-21-23(18)27(11-12-32-2)22(17-33-3)34(21,31)26-9-7-25(8-10-26)16-19-5-4-6-24-15-19/h4-6,13-15H,7-12,16-17H2,1-3H3. The van der Waals surface area contributed by atoms with E-state index in [1.807, 2.05) is 34.5 Å². The molecule has 184 valence electrons. The van der Waals surface area contributed by atoms with Crippen molar-refractivity contribution < 1.29 is 18.6 Å².